The van der Waals surface area contributed by atoms with Crippen molar-refractivity contribution in [2.24, 2.45) is 5.73 Å². The molecule has 0 unspecified atom stereocenters. The molecule has 2 aromatic heterocycles. The van der Waals surface area contributed by atoms with Gasteiger partial charge in [-0.05, 0) is 58.3 Å². The van der Waals surface area contributed by atoms with E-state index in [4.69, 9.17) is 24.0 Å². The number of nitrogens with two attached hydrogens (primary N) is 1. The van der Waals surface area contributed by atoms with Gasteiger partial charge in [-0.15, -0.1) is 0 Å². The van der Waals surface area contributed by atoms with E-state index in [1.807, 2.05) is 26.8 Å². The van der Waals surface area contributed by atoms with E-state index in [2.05, 4.69) is 5.32 Å². The number of aryl methyl sites for hydroxylation is 3. The van der Waals surface area contributed by atoms with E-state index in [-0.39, 0.29) is 5.63 Å². The van der Waals surface area contributed by atoms with Crippen LogP contribution in [0.2, 0.25) is 0 Å². The average molecular weight is 417 g/mol. The molecule has 0 saturated carbocycles. The molecule has 0 saturated heterocycles. The Kier molecular flexibility index (Phi) is 8.04. The van der Waals surface area contributed by atoms with Crippen LogP contribution in [0.1, 0.15) is 35.3 Å². The Morgan fingerprint density at radius 2 is 1.67 bits per heavy atom. The van der Waals surface area contributed by atoms with E-state index in [0.29, 0.717) is 32.0 Å². The van der Waals surface area contributed by atoms with Gasteiger partial charge in [0.15, 0.2) is 0 Å². The largest absolute Gasteiger partial charge is 0.458 e. The molecule has 3 rings (SSSR count). The summed E-state index contributed by atoms with van der Waals surface area (Å²) in [6.07, 6.45) is 2.14. The minimum Gasteiger partial charge on any atom is -0.458 e. The van der Waals surface area contributed by atoms with Crippen LogP contribution in [0.25, 0.3) is 21.9 Å². The van der Waals surface area contributed by atoms with Gasteiger partial charge in [-0.1, -0.05) is 0 Å². The summed E-state index contributed by atoms with van der Waals surface area (Å²) in [4.78, 5) is 11.8. The van der Waals surface area contributed by atoms with Crippen LogP contribution in [0.4, 0.5) is 0 Å². The summed E-state index contributed by atoms with van der Waals surface area (Å²) in [6, 6.07) is 3.55. The van der Waals surface area contributed by atoms with Crippen molar-refractivity contribution in [3.05, 3.63) is 45.0 Å². The first-order valence-corrected chi connectivity index (χ1v) is 10.5. The Morgan fingerprint density at radius 3 is 2.47 bits per heavy atom. The van der Waals surface area contributed by atoms with Gasteiger partial charge in [0.25, 0.3) is 0 Å². The lowest BCUT2D eigenvalue weighted by Crippen LogP contribution is -2.22. The second-order valence-electron chi connectivity index (χ2n) is 7.56. The number of unbranched alkanes of at least 4 members (excludes halogenated alkanes) is 1. The Hall–Kier alpha value is -2.19. The number of hydrogen-bond donors (Lipinski definition) is 2. The molecular weight excluding hydrogens is 384 g/mol. The average Bonchev–Trinajstić information content (AvgIpc) is 3.03. The number of ether oxygens (including phenoxy) is 2. The Morgan fingerprint density at radius 1 is 0.900 bits per heavy atom. The maximum Gasteiger partial charge on any atom is 0.336 e. The molecule has 1 aromatic carbocycles. The number of furan rings is 1. The molecule has 3 aromatic rings. The van der Waals surface area contributed by atoms with Crippen LogP contribution in [0, 0.1) is 20.8 Å². The van der Waals surface area contributed by atoms with Crippen molar-refractivity contribution in [3.8, 4) is 0 Å². The first-order chi connectivity index (χ1) is 14.5. The lowest BCUT2D eigenvalue weighted by atomic mass is 10.0. The molecule has 0 aliphatic carbocycles. The van der Waals surface area contributed by atoms with Crippen LogP contribution in [0.3, 0.4) is 0 Å². The van der Waals surface area contributed by atoms with E-state index >= 15 is 0 Å². The van der Waals surface area contributed by atoms with Crippen LogP contribution in [-0.4, -0.2) is 39.5 Å². The highest BCUT2D eigenvalue weighted by Crippen LogP contribution is 2.34. The van der Waals surface area contributed by atoms with Crippen LogP contribution in [0.15, 0.2) is 25.8 Å². The third kappa shape index (κ3) is 5.29. The Labute approximate surface area is 176 Å². The molecule has 2 heterocycles. The van der Waals surface area contributed by atoms with E-state index in [9.17, 15) is 4.79 Å². The summed E-state index contributed by atoms with van der Waals surface area (Å²) in [7, 11) is 0. The minimum absolute atomic E-state index is 0.347. The lowest BCUT2D eigenvalue weighted by molar-refractivity contribution is 0.0360. The van der Waals surface area contributed by atoms with Crippen LogP contribution in [0.5, 0.6) is 0 Å². The summed E-state index contributed by atoms with van der Waals surface area (Å²) in [5, 5.41) is 5.27. The van der Waals surface area contributed by atoms with Gasteiger partial charge in [0.2, 0.25) is 0 Å². The fourth-order valence-corrected chi connectivity index (χ4v) is 3.54. The van der Waals surface area contributed by atoms with Crippen molar-refractivity contribution in [1.29, 1.82) is 0 Å². The molecular formula is C23H32N2O5. The summed E-state index contributed by atoms with van der Waals surface area (Å²) in [5.74, 6) is 0.782. The summed E-state index contributed by atoms with van der Waals surface area (Å²) < 4.78 is 22.8. The first kappa shape index (κ1) is 22.5. The molecule has 0 bridgehead atoms. The molecule has 0 fully saturated rings. The molecule has 164 valence electrons. The summed E-state index contributed by atoms with van der Waals surface area (Å²) in [5.41, 5.74) is 9.22. The number of hydrogen-bond acceptors (Lipinski definition) is 7. The topological polar surface area (TPSA) is 99.9 Å². The van der Waals surface area contributed by atoms with E-state index in [0.717, 1.165) is 71.3 Å². The second-order valence-corrected chi connectivity index (χ2v) is 7.56. The van der Waals surface area contributed by atoms with Crippen molar-refractivity contribution in [2.75, 3.05) is 39.5 Å². The quantitative estimate of drug-likeness (QED) is 0.345. The third-order valence-corrected chi connectivity index (χ3v) is 5.30. The van der Waals surface area contributed by atoms with E-state index in [1.54, 1.807) is 0 Å². The zero-order chi connectivity index (χ0) is 21.5. The highest BCUT2D eigenvalue weighted by molar-refractivity contribution is 5.99. The molecule has 0 atom stereocenters. The fraction of sp³-hybridized carbons (Fsp3) is 0.522. The van der Waals surface area contributed by atoms with Gasteiger partial charge in [0.1, 0.15) is 23.5 Å². The van der Waals surface area contributed by atoms with Crippen LogP contribution in [-0.2, 0) is 16.1 Å². The summed E-state index contributed by atoms with van der Waals surface area (Å²) >= 11 is 0. The van der Waals surface area contributed by atoms with Crippen LogP contribution >= 0.6 is 0 Å². The first-order valence-electron chi connectivity index (χ1n) is 10.5. The number of fused-ring (bicyclic) bond motifs is 2. The molecule has 7 heteroatoms. The predicted molar refractivity (Wildman–Crippen MR) is 118 cm³/mol. The third-order valence-electron chi connectivity index (χ3n) is 5.30. The highest BCUT2D eigenvalue weighted by atomic mass is 16.5. The number of nitrogens with one attached hydrogen (secondary N) is 1. The van der Waals surface area contributed by atoms with Crippen molar-refractivity contribution in [1.82, 2.24) is 5.32 Å². The van der Waals surface area contributed by atoms with Gasteiger partial charge in [-0.25, -0.2) is 4.79 Å². The van der Waals surface area contributed by atoms with Gasteiger partial charge in [0, 0.05) is 34.5 Å². The van der Waals surface area contributed by atoms with Gasteiger partial charge in [0.05, 0.1) is 19.8 Å². The predicted octanol–water partition coefficient (Wildman–Crippen LogP) is 3.33. The molecule has 0 aliphatic rings. The molecule has 0 aliphatic heterocycles. The zero-order valence-corrected chi connectivity index (χ0v) is 18.1. The van der Waals surface area contributed by atoms with Gasteiger partial charge < -0.3 is 29.4 Å². The SMILES string of the molecule is Cc1cc(=O)oc2c(C)c3oc(COCCOCCNCCCCN)c(C)c3cc12. The van der Waals surface area contributed by atoms with Crippen LogP contribution < -0.4 is 16.7 Å². The van der Waals surface area contributed by atoms with E-state index in [1.165, 1.54) is 6.07 Å². The minimum atomic E-state index is -0.347. The molecule has 30 heavy (non-hydrogen) atoms. The molecule has 7 nitrogen and oxygen atoms in total. The van der Waals surface area contributed by atoms with Crippen molar-refractivity contribution in [2.45, 2.75) is 40.2 Å². The normalized spacial score (nSPS) is 11.7. The number of rotatable bonds is 12. The zero-order valence-electron chi connectivity index (χ0n) is 18.1. The fourth-order valence-electron chi connectivity index (χ4n) is 3.54. The van der Waals surface area contributed by atoms with Crippen molar-refractivity contribution in [3.63, 3.8) is 0 Å². The Balaban J connectivity index is 1.53. The van der Waals surface area contributed by atoms with Crippen molar-refractivity contribution >= 4 is 21.9 Å². The monoisotopic (exact) mass is 416 g/mol. The molecule has 3 N–H and O–H groups in total. The summed E-state index contributed by atoms with van der Waals surface area (Å²) in [6.45, 7) is 10.5. The van der Waals surface area contributed by atoms with E-state index < -0.39 is 0 Å². The maximum atomic E-state index is 11.8. The highest BCUT2D eigenvalue weighted by Gasteiger charge is 2.17. The number of benzene rings is 1. The lowest BCUT2D eigenvalue weighted by Gasteiger charge is -2.06. The van der Waals surface area contributed by atoms with Gasteiger partial charge in [-0.3, -0.25) is 0 Å². The Bertz CT molecular complexity index is 1040. The molecule has 0 spiro atoms. The van der Waals surface area contributed by atoms with Crippen molar-refractivity contribution < 1.29 is 18.3 Å². The second kappa shape index (κ2) is 10.7. The van der Waals surface area contributed by atoms with Gasteiger partial charge in [-0.2, -0.15) is 0 Å². The molecule has 0 amide bonds. The maximum absolute atomic E-state index is 11.8. The smallest absolute Gasteiger partial charge is 0.336 e. The standard InChI is InChI=1S/C23H32N2O5/c1-15-12-21(26)30-22-17(3)23-19(13-18(15)22)16(2)20(29-23)14-28-11-10-27-9-8-25-7-5-4-6-24/h12-13,25H,4-11,14,24H2,1-3H3. The van der Waals surface area contributed by atoms with Gasteiger partial charge >= 0.3 is 5.63 Å². The molecule has 0 radical (unpaired) electrons.